The average Bonchev–Trinajstić information content (AvgIpc) is 2.88. The third-order valence-corrected chi connectivity index (χ3v) is 4.84. The van der Waals surface area contributed by atoms with Crippen LogP contribution in [-0.4, -0.2) is 31.7 Å². The van der Waals surface area contributed by atoms with E-state index >= 15 is 0 Å². The molecule has 24 heavy (non-hydrogen) atoms. The fraction of sp³-hybridized carbons (Fsp3) is 0.500. The van der Waals surface area contributed by atoms with Crippen molar-refractivity contribution in [2.45, 2.75) is 39.3 Å². The standard InChI is InChI=1S/C18H24N4O2/c1-13-6-8-15(9-7-13)17-14(2)5-4-10-21(17)16(23)11-22-18(24)20(3)12-19-22/h6-9,12,14,17H,4-5,10-11H2,1-3H3. The maximum Gasteiger partial charge on any atom is 0.345 e. The Morgan fingerprint density at radius 1 is 1.29 bits per heavy atom. The number of carbonyl (C=O) groups excluding carboxylic acids is 1. The summed E-state index contributed by atoms with van der Waals surface area (Å²) in [5.74, 6) is 0.346. The van der Waals surface area contributed by atoms with Crippen LogP contribution in [0.2, 0.25) is 0 Å². The summed E-state index contributed by atoms with van der Waals surface area (Å²) in [6.07, 6.45) is 3.53. The van der Waals surface area contributed by atoms with Gasteiger partial charge in [-0.05, 0) is 31.2 Å². The van der Waals surface area contributed by atoms with E-state index in [1.54, 1.807) is 7.05 Å². The van der Waals surface area contributed by atoms with Crippen molar-refractivity contribution >= 4 is 5.91 Å². The van der Waals surface area contributed by atoms with Gasteiger partial charge in [-0.3, -0.25) is 9.36 Å². The molecule has 0 spiro atoms. The fourth-order valence-corrected chi connectivity index (χ4v) is 3.49. The van der Waals surface area contributed by atoms with Gasteiger partial charge in [0, 0.05) is 13.6 Å². The molecule has 2 atom stereocenters. The zero-order valence-electron chi connectivity index (χ0n) is 14.5. The van der Waals surface area contributed by atoms with Crippen LogP contribution < -0.4 is 5.69 Å². The molecule has 6 heteroatoms. The molecular formula is C18H24N4O2. The summed E-state index contributed by atoms with van der Waals surface area (Å²) in [6, 6.07) is 8.45. The normalized spacial score (nSPS) is 21.0. The van der Waals surface area contributed by atoms with Crippen LogP contribution >= 0.6 is 0 Å². The number of aryl methyl sites for hydroxylation is 2. The molecule has 0 saturated carbocycles. The number of hydrogen-bond acceptors (Lipinski definition) is 3. The largest absolute Gasteiger partial charge is 0.345 e. The smallest absolute Gasteiger partial charge is 0.334 e. The first-order valence-electron chi connectivity index (χ1n) is 8.42. The molecule has 1 aliphatic rings. The van der Waals surface area contributed by atoms with Crippen LogP contribution in [0, 0.1) is 12.8 Å². The molecule has 0 radical (unpaired) electrons. The number of aromatic nitrogens is 3. The second kappa shape index (κ2) is 6.63. The van der Waals surface area contributed by atoms with E-state index in [0.29, 0.717) is 5.92 Å². The predicted molar refractivity (Wildman–Crippen MR) is 91.5 cm³/mol. The lowest BCUT2D eigenvalue weighted by molar-refractivity contribution is -0.137. The highest BCUT2D eigenvalue weighted by atomic mass is 16.2. The first-order chi connectivity index (χ1) is 11.5. The highest BCUT2D eigenvalue weighted by molar-refractivity contribution is 5.76. The molecule has 2 heterocycles. The van der Waals surface area contributed by atoms with Crippen molar-refractivity contribution in [3.63, 3.8) is 0 Å². The first kappa shape index (κ1) is 16.5. The van der Waals surface area contributed by atoms with Gasteiger partial charge in [-0.1, -0.05) is 36.8 Å². The minimum absolute atomic E-state index is 0.00520. The van der Waals surface area contributed by atoms with E-state index < -0.39 is 0 Å². The second-order valence-electron chi connectivity index (χ2n) is 6.74. The van der Waals surface area contributed by atoms with Crippen LogP contribution in [0.5, 0.6) is 0 Å². The van der Waals surface area contributed by atoms with E-state index in [9.17, 15) is 9.59 Å². The summed E-state index contributed by atoms with van der Waals surface area (Å²) in [5.41, 5.74) is 2.11. The van der Waals surface area contributed by atoms with E-state index in [2.05, 4.69) is 43.2 Å². The summed E-state index contributed by atoms with van der Waals surface area (Å²) in [5, 5.41) is 4.00. The van der Waals surface area contributed by atoms with Gasteiger partial charge < -0.3 is 4.90 Å². The Labute approximate surface area is 141 Å². The molecular weight excluding hydrogens is 304 g/mol. The SMILES string of the molecule is Cc1ccc(C2C(C)CCCN2C(=O)Cn2ncn(C)c2=O)cc1. The van der Waals surface area contributed by atoms with Crippen molar-refractivity contribution in [2.75, 3.05) is 6.54 Å². The minimum Gasteiger partial charge on any atom is -0.334 e. The van der Waals surface area contributed by atoms with Gasteiger partial charge in [-0.2, -0.15) is 5.10 Å². The summed E-state index contributed by atoms with van der Waals surface area (Å²) >= 11 is 0. The van der Waals surface area contributed by atoms with E-state index in [1.807, 2.05) is 4.90 Å². The summed E-state index contributed by atoms with van der Waals surface area (Å²) in [6.45, 7) is 4.97. The topological polar surface area (TPSA) is 60.1 Å². The van der Waals surface area contributed by atoms with Crippen molar-refractivity contribution in [1.82, 2.24) is 19.2 Å². The van der Waals surface area contributed by atoms with E-state index in [1.165, 1.54) is 21.1 Å². The van der Waals surface area contributed by atoms with Gasteiger partial charge in [0.05, 0.1) is 6.04 Å². The Morgan fingerprint density at radius 3 is 2.62 bits per heavy atom. The van der Waals surface area contributed by atoms with E-state index in [0.717, 1.165) is 24.9 Å². The van der Waals surface area contributed by atoms with Gasteiger partial charge in [-0.25, -0.2) is 9.48 Å². The maximum absolute atomic E-state index is 12.8. The first-order valence-corrected chi connectivity index (χ1v) is 8.42. The molecule has 1 aliphatic heterocycles. The van der Waals surface area contributed by atoms with E-state index in [4.69, 9.17) is 0 Å². The summed E-state index contributed by atoms with van der Waals surface area (Å²) in [7, 11) is 1.63. The molecule has 3 rings (SSSR count). The number of carbonyl (C=O) groups is 1. The van der Waals surface area contributed by atoms with Crippen molar-refractivity contribution in [2.24, 2.45) is 13.0 Å². The third kappa shape index (κ3) is 3.13. The number of rotatable bonds is 3. The van der Waals surface area contributed by atoms with Gasteiger partial charge in [-0.15, -0.1) is 0 Å². The zero-order valence-corrected chi connectivity index (χ0v) is 14.5. The predicted octanol–water partition coefficient (Wildman–Crippen LogP) is 1.89. The number of likely N-dealkylation sites (tertiary alicyclic amines) is 1. The Hall–Kier alpha value is -2.37. The number of amides is 1. The average molecular weight is 328 g/mol. The number of benzene rings is 1. The Bertz CT molecular complexity index is 775. The maximum atomic E-state index is 12.8. The molecule has 2 aromatic rings. The molecule has 1 amide bonds. The monoisotopic (exact) mass is 328 g/mol. The summed E-state index contributed by atoms with van der Waals surface area (Å²) in [4.78, 5) is 26.7. The van der Waals surface area contributed by atoms with Crippen LogP contribution in [0.3, 0.4) is 0 Å². The molecule has 0 N–H and O–H groups in total. The molecule has 0 aliphatic carbocycles. The van der Waals surface area contributed by atoms with Gasteiger partial charge >= 0.3 is 5.69 Å². The van der Waals surface area contributed by atoms with Gasteiger partial charge in [0.25, 0.3) is 0 Å². The van der Waals surface area contributed by atoms with Crippen LogP contribution in [0.4, 0.5) is 0 Å². The third-order valence-electron chi connectivity index (χ3n) is 4.84. The number of hydrogen-bond donors (Lipinski definition) is 0. The molecule has 1 fully saturated rings. The van der Waals surface area contributed by atoms with Gasteiger partial charge in [0.1, 0.15) is 12.9 Å². The lowest BCUT2D eigenvalue weighted by Crippen LogP contribution is -2.44. The Kier molecular flexibility index (Phi) is 4.55. The highest BCUT2D eigenvalue weighted by Gasteiger charge is 2.33. The molecule has 1 saturated heterocycles. The van der Waals surface area contributed by atoms with Crippen LogP contribution in [-0.2, 0) is 18.4 Å². The lowest BCUT2D eigenvalue weighted by Gasteiger charge is -2.40. The van der Waals surface area contributed by atoms with Crippen molar-refractivity contribution < 1.29 is 4.79 Å². The molecule has 1 aromatic carbocycles. The van der Waals surface area contributed by atoms with Gasteiger partial charge in [0.2, 0.25) is 5.91 Å². The van der Waals surface area contributed by atoms with Crippen LogP contribution in [0.1, 0.15) is 36.9 Å². The van der Waals surface area contributed by atoms with Crippen molar-refractivity contribution in [1.29, 1.82) is 0 Å². The van der Waals surface area contributed by atoms with Gasteiger partial charge in [0.15, 0.2) is 0 Å². The molecule has 1 aromatic heterocycles. The Balaban J connectivity index is 1.85. The second-order valence-corrected chi connectivity index (χ2v) is 6.74. The molecule has 128 valence electrons. The van der Waals surface area contributed by atoms with Crippen molar-refractivity contribution in [3.8, 4) is 0 Å². The molecule has 2 unspecified atom stereocenters. The van der Waals surface area contributed by atoms with Crippen LogP contribution in [0.25, 0.3) is 0 Å². The quantitative estimate of drug-likeness (QED) is 0.864. The Morgan fingerprint density at radius 2 is 2.00 bits per heavy atom. The van der Waals surface area contributed by atoms with Crippen molar-refractivity contribution in [3.05, 3.63) is 52.2 Å². The molecule has 6 nitrogen and oxygen atoms in total. The lowest BCUT2D eigenvalue weighted by atomic mass is 9.85. The highest BCUT2D eigenvalue weighted by Crippen LogP contribution is 2.36. The zero-order chi connectivity index (χ0) is 17.3. The minimum atomic E-state index is -0.264. The number of piperidine rings is 1. The number of nitrogens with zero attached hydrogens (tertiary/aromatic N) is 4. The van der Waals surface area contributed by atoms with Crippen LogP contribution in [0.15, 0.2) is 35.4 Å². The fourth-order valence-electron chi connectivity index (χ4n) is 3.49. The summed E-state index contributed by atoms with van der Waals surface area (Å²) < 4.78 is 2.61. The van der Waals surface area contributed by atoms with E-state index in [-0.39, 0.29) is 24.2 Å². The molecule has 0 bridgehead atoms.